The summed E-state index contributed by atoms with van der Waals surface area (Å²) in [5.74, 6) is -0.376. The number of rotatable bonds is 3. The van der Waals surface area contributed by atoms with Crippen LogP contribution in [-0.4, -0.2) is 44.9 Å². The Morgan fingerprint density at radius 2 is 2.41 bits per heavy atom. The fourth-order valence-electron chi connectivity index (χ4n) is 2.41. The largest absolute Gasteiger partial charge is 0.480 e. The predicted molar refractivity (Wildman–Crippen MR) is 63.9 cm³/mol. The van der Waals surface area contributed by atoms with Gasteiger partial charge >= 0.3 is 5.97 Å². The van der Waals surface area contributed by atoms with Crippen molar-refractivity contribution in [3.8, 4) is 0 Å². The SMILES string of the molecule is C[C@@H](C(=O)O)N1CCC[C@H](c2ccn(C)n2)C1. The smallest absolute Gasteiger partial charge is 0.320 e. The highest BCUT2D eigenvalue weighted by Gasteiger charge is 2.28. The molecule has 5 nitrogen and oxygen atoms in total. The Kier molecular flexibility index (Phi) is 3.47. The Morgan fingerprint density at radius 3 is 3.00 bits per heavy atom. The zero-order chi connectivity index (χ0) is 12.4. The van der Waals surface area contributed by atoms with E-state index >= 15 is 0 Å². The minimum Gasteiger partial charge on any atom is -0.480 e. The molecule has 0 aromatic carbocycles. The van der Waals surface area contributed by atoms with Crippen molar-refractivity contribution < 1.29 is 9.90 Å². The van der Waals surface area contributed by atoms with Gasteiger partial charge in [-0.2, -0.15) is 5.10 Å². The van der Waals surface area contributed by atoms with Gasteiger partial charge in [0.25, 0.3) is 0 Å². The van der Waals surface area contributed by atoms with Crippen LogP contribution in [-0.2, 0) is 11.8 Å². The molecule has 1 N–H and O–H groups in total. The first-order valence-electron chi connectivity index (χ1n) is 6.04. The minimum atomic E-state index is -0.744. The summed E-state index contributed by atoms with van der Waals surface area (Å²) in [5, 5.41) is 13.4. The van der Waals surface area contributed by atoms with Crippen molar-refractivity contribution in [3.63, 3.8) is 0 Å². The summed E-state index contributed by atoms with van der Waals surface area (Å²) in [7, 11) is 1.91. The van der Waals surface area contributed by atoms with Crippen molar-refractivity contribution in [2.24, 2.45) is 7.05 Å². The number of hydrogen-bond donors (Lipinski definition) is 1. The van der Waals surface area contributed by atoms with Crippen LogP contribution in [0.5, 0.6) is 0 Å². The molecule has 0 unspecified atom stereocenters. The fraction of sp³-hybridized carbons (Fsp3) is 0.667. The van der Waals surface area contributed by atoms with Gasteiger partial charge in [-0.15, -0.1) is 0 Å². The molecule has 5 heteroatoms. The van der Waals surface area contributed by atoms with E-state index in [-0.39, 0.29) is 0 Å². The molecule has 94 valence electrons. The van der Waals surface area contributed by atoms with E-state index in [9.17, 15) is 4.79 Å². The highest BCUT2D eigenvalue weighted by Crippen LogP contribution is 2.26. The molecule has 1 saturated heterocycles. The van der Waals surface area contributed by atoms with E-state index in [1.54, 1.807) is 11.6 Å². The Balaban J connectivity index is 2.04. The van der Waals surface area contributed by atoms with Gasteiger partial charge in [-0.05, 0) is 32.4 Å². The molecule has 17 heavy (non-hydrogen) atoms. The summed E-state index contributed by atoms with van der Waals surface area (Å²) < 4.78 is 1.80. The lowest BCUT2D eigenvalue weighted by atomic mass is 9.94. The molecule has 2 heterocycles. The van der Waals surface area contributed by atoms with E-state index in [2.05, 4.69) is 5.10 Å². The number of carbonyl (C=O) groups is 1. The van der Waals surface area contributed by atoms with Gasteiger partial charge in [0.15, 0.2) is 0 Å². The number of carboxylic acid groups (broad SMARTS) is 1. The van der Waals surface area contributed by atoms with Crippen LogP contribution in [0.2, 0.25) is 0 Å². The average molecular weight is 237 g/mol. The standard InChI is InChI=1S/C12H19N3O2/c1-9(12(16)17)15-6-3-4-10(8-15)11-5-7-14(2)13-11/h5,7,9-10H,3-4,6,8H2,1-2H3,(H,16,17)/t9-,10-/m0/s1. The maximum Gasteiger partial charge on any atom is 0.320 e. The van der Waals surface area contributed by atoms with Crippen molar-refractivity contribution in [1.29, 1.82) is 0 Å². The first-order valence-corrected chi connectivity index (χ1v) is 6.04. The van der Waals surface area contributed by atoms with Crippen LogP contribution in [0.4, 0.5) is 0 Å². The molecule has 1 fully saturated rings. The van der Waals surface area contributed by atoms with Crippen molar-refractivity contribution in [2.45, 2.75) is 31.7 Å². The number of aliphatic carboxylic acids is 1. The normalized spacial score (nSPS) is 23.5. The zero-order valence-corrected chi connectivity index (χ0v) is 10.3. The lowest BCUT2D eigenvalue weighted by molar-refractivity contribution is -0.143. The summed E-state index contributed by atoms with van der Waals surface area (Å²) in [6.45, 7) is 3.42. The second-order valence-electron chi connectivity index (χ2n) is 4.76. The summed E-state index contributed by atoms with van der Waals surface area (Å²) >= 11 is 0. The molecule has 1 aliphatic rings. The van der Waals surface area contributed by atoms with Gasteiger partial charge < -0.3 is 5.11 Å². The van der Waals surface area contributed by atoms with Gasteiger partial charge in [0.1, 0.15) is 6.04 Å². The molecule has 1 aromatic rings. The van der Waals surface area contributed by atoms with Crippen LogP contribution in [0, 0.1) is 0 Å². The van der Waals surface area contributed by atoms with E-state index in [4.69, 9.17) is 5.11 Å². The van der Waals surface area contributed by atoms with Crippen LogP contribution < -0.4 is 0 Å². The first-order chi connectivity index (χ1) is 8.08. The topological polar surface area (TPSA) is 58.4 Å². The summed E-state index contributed by atoms with van der Waals surface area (Å²) in [4.78, 5) is 13.0. The summed E-state index contributed by atoms with van der Waals surface area (Å²) in [5.41, 5.74) is 1.08. The number of carboxylic acids is 1. The van der Waals surface area contributed by atoms with Crippen molar-refractivity contribution in [2.75, 3.05) is 13.1 Å². The van der Waals surface area contributed by atoms with Crippen molar-refractivity contribution in [3.05, 3.63) is 18.0 Å². The quantitative estimate of drug-likeness (QED) is 0.854. The van der Waals surface area contributed by atoms with Gasteiger partial charge in [0, 0.05) is 25.7 Å². The zero-order valence-electron chi connectivity index (χ0n) is 10.3. The molecule has 0 aliphatic carbocycles. The van der Waals surface area contributed by atoms with Crippen molar-refractivity contribution >= 4 is 5.97 Å². The van der Waals surface area contributed by atoms with Crippen LogP contribution in [0.25, 0.3) is 0 Å². The van der Waals surface area contributed by atoms with Crippen LogP contribution in [0.1, 0.15) is 31.4 Å². The Morgan fingerprint density at radius 1 is 1.65 bits per heavy atom. The number of nitrogens with zero attached hydrogens (tertiary/aromatic N) is 3. The second kappa shape index (κ2) is 4.87. The lowest BCUT2D eigenvalue weighted by Gasteiger charge is -2.34. The highest BCUT2D eigenvalue weighted by molar-refractivity contribution is 5.72. The van der Waals surface area contributed by atoms with Gasteiger partial charge in [-0.25, -0.2) is 0 Å². The molecule has 0 spiro atoms. The molecule has 0 amide bonds. The van der Waals surface area contributed by atoms with Gasteiger partial charge in [-0.3, -0.25) is 14.4 Å². The van der Waals surface area contributed by atoms with Crippen molar-refractivity contribution in [1.82, 2.24) is 14.7 Å². The predicted octanol–water partition coefficient (Wildman–Crippen LogP) is 1.07. The summed E-state index contributed by atoms with van der Waals surface area (Å²) in [6.07, 6.45) is 4.08. The summed E-state index contributed by atoms with van der Waals surface area (Å²) in [6, 6.07) is 1.63. The van der Waals surface area contributed by atoms with Gasteiger partial charge in [0.2, 0.25) is 0 Å². The molecule has 2 rings (SSSR count). The molecule has 1 aromatic heterocycles. The van der Waals surface area contributed by atoms with Crippen LogP contribution >= 0.6 is 0 Å². The maximum atomic E-state index is 11.0. The number of aromatic nitrogens is 2. The molecule has 2 atom stereocenters. The van der Waals surface area contributed by atoms with E-state index in [0.29, 0.717) is 5.92 Å². The number of hydrogen-bond acceptors (Lipinski definition) is 3. The van der Waals surface area contributed by atoms with Crippen LogP contribution in [0.15, 0.2) is 12.3 Å². The monoisotopic (exact) mass is 237 g/mol. The van der Waals surface area contributed by atoms with Gasteiger partial charge in [0.05, 0.1) is 5.69 Å². The molecular formula is C12H19N3O2. The van der Waals surface area contributed by atoms with Crippen LogP contribution in [0.3, 0.4) is 0 Å². The van der Waals surface area contributed by atoms with E-state index in [1.165, 1.54) is 0 Å². The first kappa shape index (κ1) is 12.1. The Bertz CT molecular complexity index is 402. The maximum absolute atomic E-state index is 11.0. The average Bonchev–Trinajstić information content (AvgIpc) is 2.75. The Labute approximate surface area is 101 Å². The molecule has 1 aliphatic heterocycles. The number of aryl methyl sites for hydroxylation is 1. The molecule has 0 saturated carbocycles. The molecule has 0 bridgehead atoms. The third-order valence-corrected chi connectivity index (χ3v) is 3.51. The second-order valence-corrected chi connectivity index (χ2v) is 4.76. The fourth-order valence-corrected chi connectivity index (χ4v) is 2.41. The number of likely N-dealkylation sites (tertiary alicyclic amines) is 1. The molecule has 0 radical (unpaired) electrons. The minimum absolute atomic E-state index is 0.367. The Hall–Kier alpha value is -1.36. The lowest BCUT2D eigenvalue weighted by Crippen LogP contribution is -2.44. The third kappa shape index (κ3) is 2.66. The van der Waals surface area contributed by atoms with E-state index in [0.717, 1.165) is 31.6 Å². The highest BCUT2D eigenvalue weighted by atomic mass is 16.4. The number of piperidine rings is 1. The van der Waals surface area contributed by atoms with E-state index < -0.39 is 12.0 Å². The third-order valence-electron chi connectivity index (χ3n) is 3.51. The molecular weight excluding hydrogens is 218 g/mol. The van der Waals surface area contributed by atoms with Gasteiger partial charge in [-0.1, -0.05) is 0 Å². The van der Waals surface area contributed by atoms with E-state index in [1.807, 2.05) is 24.2 Å².